The summed E-state index contributed by atoms with van der Waals surface area (Å²) in [5, 5.41) is 2.39. The molecule has 68 valence electrons. The minimum absolute atomic E-state index is 0.258. The van der Waals surface area contributed by atoms with E-state index in [1.807, 2.05) is 6.07 Å². The van der Waals surface area contributed by atoms with Crippen LogP contribution in [0, 0.1) is 5.82 Å². The van der Waals surface area contributed by atoms with Gasteiger partial charge in [-0.05, 0) is 17.7 Å². The van der Waals surface area contributed by atoms with Crippen LogP contribution in [0.25, 0.3) is 10.1 Å². The Labute approximate surface area is 88.9 Å². The maximum atomic E-state index is 13.1. The molecule has 1 aromatic carbocycles. The Hall–Kier alpha value is -0.310. The van der Waals surface area contributed by atoms with Gasteiger partial charge in [-0.3, -0.25) is 0 Å². The summed E-state index contributed by atoms with van der Waals surface area (Å²) < 4.78 is 14.0. The molecular weight excluding hydrogens is 230 g/mol. The van der Waals surface area contributed by atoms with Gasteiger partial charge in [0.2, 0.25) is 0 Å². The minimum atomic E-state index is -0.258. The molecule has 13 heavy (non-hydrogen) atoms. The molecule has 0 amide bonds. The van der Waals surface area contributed by atoms with Gasteiger partial charge in [-0.1, -0.05) is 11.6 Å². The van der Waals surface area contributed by atoms with E-state index in [4.69, 9.17) is 23.2 Å². The summed E-state index contributed by atoms with van der Waals surface area (Å²) >= 11 is 12.9. The van der Waals surface area contributed by atoms with Crippen molar-refractivity contribution < 1.29 is 4.39 Å². The van der Waals surface area contributed by atoms with E-state index in [2.05, 4.69) is 0 Å². The molecule has 0 saturated carbocycles. The van der Waals surface area contributed by atoms with Gasteiger partial charge in [0.05, 0.1) is 5.02 Å². The number of fused-ring (bicyclic) bond motifs is 1. The summed E-state index contributed by atoms with van der Waals surface area (Å²) in [7, 11) is 0. The minimum Gasteiger partial charge on any atom is -0.205 e. The van der Waals surface area contributed by atoms with Crippen molar-refractivity contribution in [2.45, 2.75) is 5.88 Å². The van der Waals surface area contributed by atoms with Crippen LogP contribution in [0.3, 0.4) is 0 Å². The summed E-state index contributed by atoms with van der Waals surface area (Å²) in [6.07, 6.45) is 0. The van der Waals surface area contributed by atoms with Crippen molar-refractivity contribution in [1.29, 1.82) is 0 Å². The Morgan fingerprint density at radius 2 is 2.15 bits per heavy atom. The summed E-state index contributed by atoms with van der Waals surface area (Å²) in [6, 6.07) is 3.56. The van der Waals surface area contributed by atoms with Crippen LogP contribution in [-0.4, -0.2) is 0 Å². The van der Waals surface area contributed by atoms with Gasteiger partial charge in [0.15, 0.2) is 0 Å². The van der Waals surface area contributed by atoms with E-state index in [0.717, 1.165) is 10.3 Å². The van der Waals surface area contributed by atoms with Crippen LogP contribution in [0.15, 0.2) is 17.5 Å². The first-order valence-electron chi connectivity index (χ1n) is 3.63. The van der Waals surface area contributed by atoms with Gasteiger partial charge in [0, 0.05) is 21.3 Å². The molecule has 0 unspecified atom stereocenters. The summed E-state index contributed by atoms with van der Waals surface area (Å²) in [6.45, 7) is 0. The molecule has 0 fully saturated rings. The van der Waals surface area contributed by atoms with Crippen molar-refractivity contribution in [2.24, 2.45) is 0 Å². The molecule has 0 N–H and O–H groups in total. The van der Waals surface area contributed by atoms with Crippen molar-refractivity contribution in [2.75, 3.05) is 0 Å². The normalized spacial score (nSPS) is 11.0. The molecule has 0 spiro atoms. The van der Waals surface area contributed by atoms with E-state index in [9.17, 15) is 4.39 Å². The fourth-order valence-corrected chi connectivity index (χ4v) is 2.65. The monoisotopic (exact) mass is 234 g/mol. The fourth-order valence-electron chi connectivity index (χ4n) is 1.21. The molecule has 0 atom stereocenters. The van der Waals surface area contributed by atoms with E-state index in [-0.39, 0.29) is 5.82 Å². The maximum absolute atomic E-state index is 13.1. The summed E-state index contributed by atoms with van der Waals surface area (Å²) in [4.78, 5) is 0. The predicted molar refractivity (Wildman–Crippen MR) is 56.4 cm³/mol. The SMILES string of the molecule is Fc1csc2cc(CCl)cc(Cl)c12. The zero-order valence-corrected chi connectivity index (χ0v) is 8.81. The maximum Gasteiger partial charge on any atom is 0.143 e. The molecular formula is C9H5Cl2FS. The van der Waals surface area contributed by atoms with E-state index in [1.54, 1.807) is 6.07 Å². The van der Waals surface area contributed by atoms with E-state index < -0.39 is 0 Å². The third-order valence-electron chi connectivity index (χ3n) is 1.80. The first kappa shape index (κ1) is 9.25. The van der Waals surface area contributed by atoms with Gasteiger partial charge in [-0.15, -0.1) is 22.9 Å². The smallest absolute Gasteiger partial charge is 0.143 e. The molecule has 2 rings (SSSR count). The first-order chi connectivity index (χ1) is 6.22. The molecule has 2 aromatic rings. The Kier molecular flexibility index (Phi) is 2.45. The number of hydrogen-bond acceptors (Lipinski definition) is 1. The molecule has 4 heteroatoms. The van der Waals surface area contributed by atoms with Gasteiger partial charge in [0.25, 0.3) is 0 Å². The standard InChI is InChI=1S/C9H5Cl2FS/c10-3-5-1-6(11)9-7(12)4-13-8(9)2-5/h1-2,4H,3H2. The number of benzene rings is 1. The highest BCUT2D eigenvalue weighted by Gasteiger charge is 2.08. The number of rotatable bonds is 1. The molecule has 0 nitrogen and oxygen atoms in total. The second kappa shape index (κ2) is 3.45. The van der Waals surface area contributed by atoms with E-state index in [0.29, 0.717) is 16.3 Å². The largest absolute Gasteiger partial charge is 0.205 e. The van der Waals surface area contributed by atoms with Gasteiger partial charge in [-0.2, -0.15) is 0 Å². The van der Waals surface area contributed by atoms with Gasteiger partial charge < -0.3 is 0 Å². The highest BCUT2D eigenvalue weighted by atomic mass is 35.5. The number of thiophene rings is 1. The molecule has 1 heterocycles. The molecule has 0 radical (unpaired) electrons. The number of hydrogen-bond donors (Lipinski definition) is 0. The summed E-state index contributed by atoms with van der Waals surface area (Å²) in [5.41, 5.74) is 0.918. The third kappa shape index (κ3) is 1.54. The second-order valence-corrected chi connectivity index (χ2v) is 4.25. The molecule has 1 aromatic heterocycles. The van der Waals surface area contributed by atoms with Crippen LogP contribution in [0.4, 0.5) is 4.39 Å². The van der Waals surface area contributed by atoms with Crippen LogP contribution in [0.5, 0.6) is 0 Å². The lowest BCUT2D eigenvalue weighted by Crippen LogP contribution is -1.78. The molecule has 0 aliphatic carbocycles. The lowest BCUT2D eigenvalue weighted by molar-refractivity contribution is 0.644. The lowest BCUT2D eigenvalue weighted by Gasteiger charge is -1.98. The highest BCUT2D eigenvalue weighted by Crippen LogP contribution is 2.32. The number of halogens is 3. The highest BCUT2D eigenvalue weighted by molar-refractivity contribution is 7.17. The molecule has 0 aliphatic rings. The van der Waals surface area contributed by atoms with Crippen molar-refractivity contribution in [3.8, 4) is 0 Å². The Morgan fingerprint density at radius 3 is 2.85 bits per heavy atom. The fraction of sp³-hybridized carbons (Fsp3) is 0.111. The van der Waals surface area contributed by atoms with Crippen LogP contribution < -0.4 is 0 Å². The van der Waals surface area contributed by atoms with Crippen LogP contribution in [0.2, 0.25) is 5.02 Å². The van der Waals surface area contributed by atoms with Crippen LogP contribution >= 0.6 is 34.5 Å². The molecule has 0 bridgehead atoms. The van der Waals surface area contributed by atoms with Crippen molar-refractivity contribution in [3.63, 3.8) is 0 Å². The van der Waals surface area contributed by atoms with E-state index in [1.165, 1.54) is 16.7 Å². The lowest BCUT2D eigenvalue weighted by atomic mass is 10.2. The third-order valence-corrected chi connectivity index (χ3v) is 3.30. The average molecular weight is 235 g/mol. The van der Waals surface area contributed by atoms with Crippen molar-refractivity contribution in [1.82, 2.24) is 0 Å². The van der Waals surface area contributed by atoms with Gasteiger partial charge in [-0.25, -0.2) is 4.39 Å². The average Bonchev–Trinajstić information content (AvgIpc) is 2.48. The van der Waals surface area contributed by atoms with E-state index >= 15 is 0 Å². The van der Waals surface area contributed by atoms with Crippen molar-refractivity contribution >= 4 is 44.6 Å². The molecule has 0 aliphatic heterocycles. The second-order valence-electron chi connectivity index (χ2n) is 2.67. The van der Waals surface area contributed by atoms with Crippen molar-refractivity contribution in [3.05, 3.63) is 33.9 Å². The Balaban J connectivity index is 2.79. The molecule has 0 saturated heterocycles. The van der Waals surface area contributed by atoms with Gasteiger partial charge in [0.1, 0.15) is 5.82 Å². The Bertz CT molecular complexity index is 450. The zero-order chi connectivity index (χ0) is 9.42. The number of alkyl halides is 1. The van der Waals surface area contributed by atoms with Crippen LogP contribution in [-0.2, 0) is 5.88 Å². The van der Waals surface area contributed by atoms with Gasteiger partial charge >= 0.3 is 0 Å². The topological polar surface area (TPSA) is 0 Å². The zero-order valence-electron chi connectivity index (χ0n) is 6.48. The Morgan fingerprint density at radius 1 is 1.38 bits per heavy atom. The first-order valence-corrected chi connectivity index (χ1v) is 5.42. The predicted octanol–water partition coefficient (Wildman–Crippen LogP) is 4.43. The quantitative estimate of drug-likeness (QED) is 0.641. The van der Waals surface area contributed by atoms with Crippen LogP contribution in [0.1, 0.15) is 5.56 Å². The summed E-state index contributed by atoms with van der Waals surface area (Å²) in [5.74, 6) is 0.140.